The maximum absolute atomic E-state index is 14.9. The molecule has 32 heavy (non-hydrogen) atoms. The van der Waals surface area contributed by atoms with Crippen LogP contribution in [-0.4, -0.2) is 33.9 Å². The Morgan fingerprint density at radius 2 is 1.94 bits per heavy atom. The van der Waals surface area contributed by atoms with Gasteiger partial charge in [0.25, 0.3) is 5.56 Å². The molecule has 2 aromatic heterocycles. The van der Waals surface area contributed by atoms with Crippen molar-refractivity contribution in [2.75, 3.05) is 6.61 Å². The van der Waals surface area contributed by atoms with E-state index in [1.165, 1.54) is 22.9 Å². The summed E-state index contributed by atoms with van der Waals surface area (Å²) in [6, 6.07) is 4.21. The molecule has 8 heteroatoms. The number of ether oxygens (including phenoxy) is 2. The number of benzene rings is 1. The molecule has 0 aliphatic rings. The van der Waals surface area contributed by atoms with Gasteiger partial charge in [-0.2, -0.15) is 0 Å². The van der Waals surface area contributed by atoms with Crippen LogP contribution in [0.2, 0.25) is 0 Å². The topological polar surface area (TPSA) is 82.5 Å². The number of alkyl carbamates (subject to hydrolysis) is 1. The molecule has 172 valence electrons. The van der Waals surface area contributed by atoms with E-state index in [4.69, 9.17) is 9.47 Å². The monoisotopic (exact) mass is 443 g/mol. The Morgan fingerprint density at radius 1 is 1.22 bits per heavy atom. The summed E-state index contributed by atoms with van der Waals surface area (Å²) in [5.74, 6) is -0.253. The van der Waals surface area contributed by atoms with E-state index in [0.29, 0.717) is 28.1 Å². The van der Waals surface area contributed by atoms with Gasteiger partial charge in [0.05, 0.1) is 16.9 Å². The van der Waals surface area contributed by atoms with E-state index in [-0.39, 0.29) is 29.9 Å². The molecule has 1 unspecified atom stereocenters. The number of hydrogen-bond donors (Lipinski definition) is 1. The van der Waals surface area contributed by atoms with Gasteiger partial charge >= 0.3 is 6.09 Å². The van der Waals surface area contributed by atoms with E-state index < -0.39 is 17.5 Å². The summed E-state index contributed by atoms with van der Waals surface area (Å²) in [6.45, 7) is 9.47. The lowest BCUT2D eigenvalue weighted by Gasteiger charge is -2.25. The maximum atomic E-state index is 14.9. The summed E-state index contributed by atoms with van der Waals surface area (Å²) in [4.78, 5) is 28.9. The van der Waals surface area contributed by atoms with E-state index in [0.717, 1.165) is 0 Å². The highest BCUT2D eigenvalue weighted by Gasteiger charge is 2.21. The molecular weight excluding hydrogens is 413 g/mol. The average Bonchev–Trinajstić information content (AvgIpc) is 2.68. The number of carbonyl (C=O) groups is 1. The molecule has 0 aliphatic carbocycles. The zero-order valence-corrected chi connectivity index (χ0v) is 19.4. The minimum Gasteiger partial charge on any atom is -0.488 e. The number of rotatable bonds is 6. The van der Waals surface area contributed by atoms with E-state index >= 15 is 0 Å². The fraction of sp³-hybridized carbons (Fsp3) is 0.458. The van der Waals surface area contributed by atoms with Gasteiger partial charge < -0.3 is 19.4 Å². The molecule has 0 fully saturated rings. The SMILES string of the molecule is CC(C)CC(COc1cc2c(cc1F)c1ccncc1c(=O)n2C)NC(=O)OC(C)(C)C. The number of fused-ring (bicyclic) bond motifs is 3. The quantitative estimate of drug-likeness (QED) is 0.566. The van der Waals surface area contributed by atoms with Crippen molar-refractivity contribution in [3.8, 4) is 5.75 Å². The summed E-state index contributed by atoms with van der Waals surface area (Å²) in [6.07, 6.45) is 3.14. The van der Waals surface area contributed by atoms with Gasteiger partial charge in [0.1, 0.15) is 12.2 Å². The normalized spacial score (nSPS) is 12.9. The van der Waals surface area contributed by atoms with Crippen LogP contribution in [0.25, 0.3) is 21.7 Å². The van der Waals surface area contributed by atoms with E-state index in [2.05, 4.69) is 10.3 Å². The number of pyridine rings is 2. The molecular formula is C24H30FN3O4. The van der Waals surface area contributed by atoms with Crippen LogP contribution >= 0.6 is 0 Å². The van der Waals surface area contributed by atoms with Crippen LogP contribution in [0.4, 0.5) is 9.18 Å². The first kappa shape index (κ1) is 23.5. The predicted octanol–water partition coefficient (Wildman–Crippen LogP) is 4.54. The summed E-state index contributed by atoms with van der Waals surface area (Å²) in [5.41, 5.74) is -0.297. The first-order valence-corrected chi connectivity index (χ1v) is 10.6. The van der Waals surface area contributed by atoms with Crippen molar-refractivity contribution in [2.45, 2.75) is 52.7 Å². The third-order valence-corrected chi connectivity index (χ3v) is 4.97. The molecule has 0 aliphatic heterocycles. The van der Waals surface area contributed by atoms with Crippen molar-refractivity contribution >= 4 is 27.8 Å². The number of amides is 1. The van der Waals surface area contributed by atoms with Crippen molar-refractivity contribution in [1.82, 2.24) is 14.9 Å². The van der Waals surface area contributed by atoms with Crippen LogP contribution in [0.1, 0.15) is 41.0 Å². The molecule has 0 spiro atoms. The highest BCUT2D eigenvalue weighted by atomic mass is 19.1. The van der Waals surface area contributed by atoms with Gasteiger partial charge in [-0.15, -0.1) is 0 Å². The average molecular weight is 444 g/mol. The van der Waals surface area contributed by atoms with E-state index in [1.807, 2.05) is 13.8 Å². The standard InChI is InChI=1S/C24H30FN3O4/c1-14(2)9-15(27-23(30)32-24(3,4)5)13-31-21-11-20-17(10-19(21)25)16-7-8-26-12-18(16)22(29)28(20)6/h7-8,10-12,14-15H,9,13H2,1-6H3,(H,27,30). The van der Waals surface area contributed by atoms with Crippen molar-refractivity contribution in [2.24, 2.45) is 13.0 Å². The van der Waals surface area contributed by atoms with Gasteiger partial charge in [0.15, 0.2) is 11.6 Å². The van der Waals surface area contributed by atoms with Gasteiger partial charge in [-0.05, 0) is 50.6 Å². The Morgan fingerprint density at radius 3 is 2.59 bits per heavy atom. The first-order chi connectivity index (χ1) is 15.0. The molecule has 0 saturated carbocycles. The number of hydrogen-bond acceptors (Lipinski definition) is 5. The Labute approximate surface area is 186 Å². The van der Waals surface area contributed by atoms with Crippen LogP contribution in [0, 0.1) is 11.7 Å². The van der Waals surface area contributed by atoms with Gasteiger partial charge in [-0.1, -0.05) is 13.8 Å². The van der Waals surface area contributed by atoms with Crippen LogP contribution < -0.4 is 15.6 Å². The fourth-order valence-electron chi connectivity index (χ4n) is 3.64. The second-order valence-corrected chi connectivity index (χ2v) is 9.37. The van der Waals surface area contributed by atoms with Crippen molar-refractivity contribution in [3.63, 3.8) is 0 Å². The summed E-state index contributed by atoms with van der Waals surface area (Å²) < 4.78 is 27.5. The van der Waals surface area contributed by atoms with E-state index in [1.54, 1.807) is 40.1 Å². The van der Waals surface area contributed by atoms with Gasteiger partial charge in [-0.3, -0.25) is 9.78 Å². The molecule has 1 amide bonds. The Balaban J connectivity index is 1.89. The molecule has 3 aromatic rings. The molecule has 2 heterocycles. The van der Waals surface area contributed by atoms with Crippen molar-refractivity contribution in [1.29, 1.82) is 0 Å². The maximum Gasteiger partial charge on any atom is 0.407 e. The predicted molar refractivity (Wildman–Crippen MR) is 123 cm³/mol. The van der Waals surface area contributed by atoms with Gasteiger partial charge in [-0.25, -0.2) is 9.18 Å². The number of nitrogens with zero attached hydrogens (tertiary/aromatic N) is 2. The molecule has 0 bridgehead atoms. The summed E-state index contributed by atoms with van der Waals surface area (Å²) in [7, 11) is 1.63. The van der Waals surface area contributed by atoms with E-state index in [9.17, 15) is 14.0 Å². The van der Waals surface area contributed by atoms with Crippen molar-refractivity contribution < 1.29 is 18.7 Å². The summed E-state index contributed by atoms with van der Waals surface area (Å²) >= 11 is 0. The highest BCUT2D eigenvalue weighted by Crippen LogP contribution is 2.28. The molecule has 3 rings (SSSR count). The van der Waals surface area contributed by atoms with Crippen molar-refractivity contribution in [3.05, 3.63) is 46.8 Å². The summed E-state index contributed by atoms with van der Waals surface area (Å²) in [5, 5.41) is 4.46. The number of nitrogens with one attached hydrogen (secondary N) is 1. The lowest BCUT2D eigenvalue weighted by atomic mass is 10.0. The fourth-order valence-corrected chi connectivity index (χ4v) is 3.64. The largest absolute Gasteiger partial charge is 0.488 e. The Kier molecular flexibility index (Phi) is 6.71. The second-order valence-electron chi connectivity index (χ2n) is 9.37. The lowest BCUT2D eigenvalue weighted by molar-refractivity contribution is 0.0479. The first-order valence-electron chi connectivity index (χ1n) is 10.6. The zero-order valence-electron chi connectivity index (χ0n) is 19.4. The minimum atomic E-state index is -0.624. The van der Waals surface area contributed by atoms with Crippen LogP contribution in [0.5, 0.6) is 5.75 Å². The lowest BCUT2D eigenvalue weighted by Crippen LogP contribution is -2.42. The smallest absolute Gasteiger partial charge is 0.407 e. The second kappa shape index (κ2) is 9.14. The number of halogens is 1. The van der Waals surface area contributed by atoms with Gasteiger partial charge in [0.2, 0.25) is 0 Å². The minimum absolute atomic E-state index is 0.0145. The highest BCUT2D eigenvalue weighted by molar-refractivity contribution is 6.05. The molecule has 1 N–H and O–H groups in total. The van der Waals surface area contributed by atoms with Gasteiger partial charge in [0, 0.05) is 30.9 Å². The van der Waals surface area contributed by atoms with Crippen LogP contribution in [0.15, 0.2) is 35.4 Å². The number of aromatic nitrogens is 2. The molecule has 1 atom stereocenters. The zero-order chi connectivity index (χ0) is 23.6. The van der Waals surface area contributed by atoms with Crippen LogP contribution in [0.3, 0.4) is 0 Å². The van der Waals surface area contributed by atoms with Crippen LogP contribution in [-0.2, 0) is 11.8 Å². The molecule has 0 saturated heterocycles. The molecule has 0 radical (unpaired) electrons. The third kappa shape index (κ3) is 5.36. The Bertz CT molecular complexity index is 1200. The third-order valence-electron chi connectivity index (χ3n) is 4.97. The number of carbonyl (C=O) groups excluding carboxylic acids is 1. The molecule has 7 nitrogen and oxygen atoms in total. The number of aryl methyl sites for hydroxylation is 1. The Hall–Kier alpha value is -3.16. The molecule has 1 aromatic carbocycles.